The van der Waals surface area contributed by atoms with Crippen molar-refractivity contribution in [1.29, 1.82) is 0 Å². The lowest BCUT2D eigenvalue weighted by atomic mass is 10.2. The highest BCUT2D eigenvalue weighted by Gasteiger charge is 2.13. The zero-order chi connectivity index (χ0) is 15.4. The van der Waals surface area contributed by atoms with E-state index < -0.39 is 0 Å². The molecule has 6 nitrogen and oxygen atoms in total. The number of hydrogen-bond donors (Lipinski definition) is 2. The normalized spacial score (nSPS) is 12.2. The van der Waals surface area contributed by atoms with Crippen molar-refractivity contribution in [2.75, 3.05) is 5.73 Å². The fourth-order valence-corrected chi connectivity index (χ4v) is 2.06. The predicted octanol–water partition coefficient (Wildman–Crippen LogP) is 2.56. The number of oxazole rings is 1. The first-order valence-electron chi connectivity index (χ1n) is 7.04. The monoisotopic (exact) mass is 295 g/mol. The zero-order valence-corrected chi connectivity index (χ0v) is 12.2. The minimum Gasteiger partial charge on any atom is -0.439 e. The SMILES string of the molecule is CC(NCc1nccc(N)n1)c1ncc(-c2ccccc2)o1. The van der Waals surface area contributed by atoms with Gasteiger partial charge in [-0.1, -0.05) is 30.3 Å². The van der Waals surface area contributed by atoms with Crippen LogP contribution >= 0.6 is 0 Å². The maximum Gasteiger partial charge on any atom is 0.211 e. The van der Waals surface area contributed by atoms with E-state index in [2.05, 4.69) is 20.3 Å². The molecule has 3 aromatic rings. The van der Waals surface area contributed by atoms with Gasteiger partial charge >= 0.3 is 0 Å². The maximum atomic E-state index is 5.80. The molecule has 0 spiro atoms. The van der Waals surface area contributed by atoms with Crippen molar-refractivity contribution in [3.63, 3.8) is 0 Å². The molecule has 0 amide bonds. The second kappa shape index (κ2) is 6.36. The molecule has 6 heteroatoms. The van der Waals surface area contributed by atoms with Crippen LogP contribution in [0.3, 0.4) is 0 Å². The second-order valence-corrected chi connectivity index (χ2v) is 4.93. The first-order chi connectivity index (χ1) is 10.7. The van der Waals surface area contributed by atoms with Gasteiger partial charge in [-0.3, -0.25) is 5.32 Å². The third kappa shape index (κ3) is 3.29. The number of nitrogens with zero attached hydrogens (tertiary/aromatic N) is 3. The van der Waals surface area contributed by atoms with Gasteiger partial charge in [-0.2, -0.15) is 0 Å². The van der Waals surface area contributed by atoms with E-state index in [4.69, 9.17) is 10.2 Å². The average Bonchev–Trinajstić information content (AvgIpc) is 3.04. The van der Waals surface area contributed by atoms with E-state index >= 15 is 0 Å². The average molecular weight is 295 g/mol. The van der Waals surface area contributed by atoms with Crippen LogP contribution in [0.4, 0.5) is 5.82 Å². The zero-order valence-electron chi connectivity index (χ0n) is 12.2. The van der Waals surface area contributed by atoms with Gasteiger partial charge in [0.2, 0.25) is 5.89 Å². The van der Waals surface area contributed by atoms with Crippen LogP contribution in [0.5, 0.6) is 0 Å². The second-order valence-electron chi connectivity index (χ2n) is 4.93. The van der Waals surface area contributed by atoms with Crippen molar-refractivity contribution in [3.05, 3.63) is 60.5 Å². The minimum atomic E-state index is -0.0532. The van der Waals surface area contributed by atoms with Gasteiger partial charge in [0.1, 0.15) is 11.6 Å². The van der Waals surface area contributed by atoms with Gasteiger partial charge in [0.15, 0.2) is 5.76 Å². The van der Waals surface area contributed by atoms with E-state index in [1.165, 1.54) is 0 Å². The Labute approximate surface area is 128 Å². The number of hydrogen-bond acceptors (Lipinski definition) is 6. The number of anilines is 1. The molecule has 1 aromatic carbocycles. The third-order valence-corrected chi connectivity index (χ3v) is 3.25. The fraction of sp³-hybridized carbons (Fsp3) is 0.188. The molecule has 22 heavy (non-hydrogen) atoms. The standard InChI is InChI=1S/C16H17N5O/c1-11(19-10-15-18-8-7-14(17)21-15)16-20-9-13(22-16)12-5-3-2-4-6-12/h2-9,11,19H,10H2,1H3,(H2,17,18,21). The number of benzene rings is 1. The Morgan fingerprint density at radius 2 is 2.00 bits per heavy atom. The van der Waals surface area contributed by atoms with Crippen LogP contribution in [0, 0.1) is 0 Å². The van der Waals surface area contributed by atoms with Crippen molar-refractivity contribution >= 4 is 5.82 Å². The molecular weight excluding hydrogens is 278 g/mol. The Kier molecular flexibility index (Phi) is 4.11. The molecule has 0 saturated carbocycles. The van der Waals surface area contributed by atoms with Gasteiger partial charge in [0.25, 0.3) is 0 Å². The summed E-state index contributed by atoms with van der Waals surface area (Å²) in [5, 5.41) is 3.27. The molecule has 0 fully saturated rings. The summed E-state index contributed by atoms with van der Waals surface area (Å²) in [5.74, 6) is 2.48. The van der Waals surface area contributed by atoms with E-state index in [0.717, 1.165) is 11.3 Å². The number of nitrogens with one attached hydrogen (secondary N) is 1. The molecule has 1 atom stereocenters. The largest absolute Gasteiger partial charge is 0.439 e. The summed E-state index contributed by atoms with van der Waals surface area (Å²) in [6, 6.07) is 11.5. The number of nitrogen functional groups attached to an aromatic ring is 1. The number of rotatable bonds is 5. The molecule has 0 aliphatic heterocycles. The molecule has 0 bridgehead atoms. The van der Waals surface area contributed by atoms with Crippen molar-refractivity contribution < 1.29 is 4.42 Å². The van der Waals surface area contributed by atoms with Gasteiger partial charge in [-0.15, -0.1) is 0 Å². The summed E-state index contributed by atoms with van der Waals surface area (Å²) in [4.78, 5) is 12.6. The van der Waals surface area contributed by atoms with E-state index in [1.54, 1.807) is 18.5 Å². The highest BCUT2D eigenvalue weighted by molar-refractivity contribution is 5.55. The molecule has 0 radical (unpaired) electrons. The van der Waals surface area contributed by atoms with E-state index in [1.807, 2.05) is 37.3 Å². The Morgan fingerprint density at radius 1 is 1.18 bits per heavy atom. The Balaban J connectivity index is 1.66. The molecule has 3 rings (SSSR count). The summed E-state index contributed by atoms with van der Waals surface area (Å²) in [6.45, 7) is 2.47. The van der Waals surface area contributed by atoms with Crippen molar-refractivity contribution in [2.24, 2.45) is 0 Å². The predicted molar refractivity (Wildman–Crippen MR) is 83.6 cm³/mol. The van der Waals surface area contributed by atoms with Crippen LogP contribution in [0.25, 0.3) is 11.3 Å². The summed E-state index contributed by atoms with van der Waals surface area (Å²) >= 11 is 0. The van der Waals surface area contributed by atoms with Gasteiger partial charge in [0.05, 0.1) is 18.8 Å². The van der Waals surface area contributed by atoms with Crippen molar-refractivity contribution in [1.82, 2.24) is 20.3 Å². The lowest BCUT2D eigenvalue weighted by Crippen LogP contribution is -2.20. The first-order valence-corrected chi connectivity index (χ1v) is 7.04. The van der Waals surface area contributed by atoms with E-state index in [0.29, 0.717) is 24.1 Å². The smallest absolute Gasteiger partial charge is 0.211 e. The maximum absolute atomic E-state index is 5.80. The molecule has 2 heterocycles. The lowest BCUT2D eigenvalue weighted by Gasteiger charge is -2.09. The molecule has 112 valence electrons. The fourth-order valence-electron chi connectivity index (χ4n) is 2.06. The minimum absolute atomic E-state index is 0.0532. The van der Waals surface area contributed by atoms with Crippen LogP contribution in [0.15, 0.2) is 53.2 Å². The first kappa shape index (κ1) is 14.2. The van der Waals surface area contributed by atoms with Crippen molar-refractivity contribution in [3.8, 4) is 11.3 Å². The molecule has 3 N–H and O–H groups in total. The molecule has 0 aliphatic carbocycles. The van der Waals surface area contributed by atoms with E-state index in [-0.39, 0.29) is 6.04 Å². The van der Waals surface area contributed by atoms with Crippen LogP contribution in [0.1, 0.15) is 24.7 Å². The van der Waals surface area contributed by atoms with Gasteiger partial charge in [-0.25, -0.2) is 15.0 Å². The summed E-state index contributed by atoms with van der Waals surface area (Å²) in [5.41, 5.74) is 6.64. The van der Waals surface area contributed by atoms with E-state index in [9.17, 15) is 0 Å². The van der Waals surface area contributed by atoms with Gasteiger partial charge < -0.3 is 10.2 Å². The lowest BCUT2D eigenvalue weighted by molar-refractivity contribution is 0.418. The summed E-state index contributed by atoms with van der Waals surface area (Å²) < 4.78 is 5.80. The number of aromatic nitrogens is 3. The summed E-state index contributed by atoms with van der Waals surface area (Å²) in [6.07, 6.45) is 3.38. The van der Waals surface area contributed by atoms with Crippen LogP contribution in [-0.2, 0) is 6.54 Å². The Bertz CT molecular complexity index is 741. The van der Waals surface area contributed by atoms with Gasteiger partial charge in [0, 0.05) is 11.8 Å². The van der Waals surface area contributed by atoms with Crippen molar-refractivity contribution in [2.45, 2.75) is 19.5 Å². The Morgan fingerprint density at radius 3 is 2.77 bits per heavy atom. The molecular formula is C16H17N5O. The van der Waals surface area contributed by atoms with Crippen LogP contribution in [0.2, 0.25) is 0 Å². The molecule has 0 saturated heterocycles. The highest BCUT2D eigenvalue weighted by Crippen LogP contribution is 2.22. The van der Waals surface area contributed by atoms with Gasteiger partial charge in [-0.05, 0) is 13.0 Å². The third-order valence-electron chi connectivity index (χ3n) is 3.25. The van der Waals surface area contributed by atoms with Crippen LogP contribution < -0.4 is 11.1 Å². The quantitative estimate of drug-likeness (QED) is 0.752. The topological polar surface area (TPSA) is 89.9 Å². The number of nitrogens with two attached hydrogens (primary N) is 1. The summed E-state index contributed by atoms with van der Waals surface area (Å²) in [7, 11) is 0. The molecule has 2 aromatic heterocycles. The molecule has 1 unspecified atom stereocenters. The molecule has 0 aliphatic rings. The van der Waals surface area contributed by atoms with Crippen LogP contribution in [-0.4, -0.2) is 15.0 Å². The highest BCUT2D eigenvalue weighted by atomic mass is 16.4. The Hall–Kier alpha value is -2.73.